The molecule has 0 saturated heterocycles. The van der Waals surface area contributed by atoms with Crippen molar-refractivity contribution in [2.24, 2.45) is 0 Å². The van der Waals surface area contributed by atoms with Gasteiger partial charge in [-0.2, -0.15) is 0 Å². The largest absolute Gasteiger partial charge is 0.399 e. The number of halogens is 1. The molecule has 3 nitrogen and oxygen atoms in total. The van der Waals surface area contributed by atoms with Gasteiger partial charge in [-0.1, -0.05) is 0 Å². The summed E-state index contributed by atoms with van der Waals surface area (Å²) in [6, 6.07) is 4.16. The molecule has 0 heterocycles. The molecular weight excluding hydrogens is 195 g/mol. The van der Waals surface area contributed by atoms with Gasteiger partial charge >= 0.3 is 0 Å². The Hall–Kier alpha value is -1.58. The minimum absolute atomic E-state index is 0.174. The summed E-state index contributed by atoms with van der Waals surface area (Å²) in [4.78, 5) is 11.6. The van der Waals surface area contributed by atoms with Crippen LogP contribution in [0.5, 0.6) is 0 Å². The smallest absolute Gasteiger partial charge is 0.229 e. The molecule has 0 saturated carbocycles. The second kappa shape index (κ2) is 3.88. The van der Waals surface area contributed by atoms with E-state index in [1.165, 1.54) is 12.1 Å². The lowest BCUT2D eigenvalue weighted by atomic mass is 9.83. The van der Waals surface area contributed by atoms with Crippen LogP contribution in [-0.2, 0) is 10.2 Å². The number of carbonyl (C=O) groups is 1. The number of rotatable bonds is 2. The van der Waals surface area contributed by atoms with Crippen molar-refractivity contribution in [3.05, 3.63) is 29.6 Å². The molecule has 82 valence electrons. The number of anilines is 1. The fraction of sp³-hybridized carbons (Fsp3) is 0.364. The fourth-order valence-electron chi connectivity index (χ4n) is 1.42. The van der Waals surface area contributed by atoms with E-state index >= 15 is 0 Å². The third kappa shape index (κ3) is 2.26. The SMILES string of the molecule is CNC(=O)C(C)(C)c1cc(N)cc(F)c1. The molecule has 0 unspecified atom stereocenters. The molecule has 0 aliphatic rings. The standard InChI is InChI=1S/C11H15FN2O/c1-11(2,10(15)14-3)7-4-8(12)6-9(13)5-7/h4-6H,13H2,1-3H3,(H,14,15). The van der Waals surface area contributed by atoms with Gasteiger partial charge in [0.15, 0.2) is 0 Å². The van der Waals surface area contributed by atoms with Crippen molar-refractivity contribution in [3.63, 3.8) is 0 Å². The Morgan fingerprint density at radius 2 is 2.00 bits per heavy atom. The Labute approximate surface area is 88.5 Å². The van der Waals surface area contributed by atoms with Gasteiger partial charge in [-0.05, 0) is 37.6 Å². The summed E-state index contributed by atoms with van der Waals surface area (Å²) < 4.78 is 13.1. The fourth-order valence-corrected chi connectivity index (χ4v) is 1.42. The first-order valence-electron chi connectivity index (χ1n) is 4.66. The Morgan fingerprint density at radius 1 is 1.40 bits per heavy atom. The molecule has 0 bridgehead atoms. The Kier molecular flexibility index (Phi) is 2.98. The van der Waals surface area contributed by atoms with Crippen LogP contribution in [0, 0.1) is 5.82 Å². The van der Waals surface area contributed by atoms with E-state index in [0.29, 0.717) is 11.3 Å². The average molecular weight is 210 g/mol. The average Bonchev–Trinajstić information content (AvgIpc) is 2.15. The summed E-state index contributed by atoms with van der Waals surface area (Å²) in [6.07, 6.45) is 0. The lowest BCUT2D eigenvalue weighted by Crippen LogP contribution is -2.38. The highest BCUT2D eigenvalue weighted by atomic mass is 19.1. The maximum Gasteiger partial charge on any atom is 0.229 e. The molecule has 0 fully saturated rings. The Balaban J connectivity index is 3.20. The van der Waals surface area contributed by atoms with Crippen LogP contribution < -0.4 is 11.1 Å². The quantitative estimate of drug-likeness (QED) is 0.725. The number of benzene rings is 1. The zero-order chi connectivity index (χ0) is 11.6. The number of nitrogen functional groups attached to an aromatic ring is 1. The Morgan fingerprint density at radius 3 is 2.47 bits per heavy atom. The third-order valence-corrected chi connectivity index (χ3v) is 2.44. The van der Waals surface area contributed by atoms with Crippen LogP contribution in [0.4, 0.5) is 10.1 Å². The zero-order valence-corrected chi connectivity index (χ0v) is 9.10. The molecule has 0 aliphatic carbocycles. The van der Waals surface area contributed by atoms with Crippen LogP contribution in [0.1, 0.15) is 19.4 Å². The van der Waals surface area contributed by atoms with Gasteiger partial charge in [-0.25, -0.2) is 4.39 Å². The van der Waals surface area contributed by atoms with Gasteiger partial charge in [0.05, 0.1) is 5.41 Å². The number of nitrogens with one attached hydrogen (secondary N) is 1. The number of carbonyl (C=O) groups excluding carboxylic acids is 1. The molecule has 1 aromatic carbocycles. The van der Waals surface area contributed by atoms with E-state index in [1.807, 2.05) is 0 Å². The number of hydrogen-bond donors (Lipinski definition) is 2. The van der Waals surface area contributed by atoms with Crippen LogP contribution in [0.25, 0.3) is 0 Å². The van der Waals surface area contributed by atoms with Crippen molar-refractivity contribution in [2.75, 3.05) is 12.8 Å². The van der Waals surface area contributed by atoms with Crippen molar-refractivity contribution in [2.45, 2.75) is 19.3 Å². The highest BCUT2D eigenvalue weighted by Gasteiger charge is 2.29. The summed E-state index contributed by atoms with van der Waals surface area (Å²) in [5, 5.41) is 2.54. The van der Waals surface area contributed by atoms with Gasteiger partial charge in [0.2, 0.25) is 5.91 Å². The normalized spacial score (nSPS) is 11.2. The van der Waals surface area contributed by atoms with Crippen molar-refractivity contribution >= 4 is 11.6 Å². The first kappa shape index (κ1) is 11.5. The van der Waals surface area contributed by atoms with Crippen LogP contribution in [0.3, 0.4) is 0 Å². The molecule has 1 rings (SSSR count). The lowest BCUT2D eigenvalue weighted by molar-refractivity contribution is -0.125. The van der Waals surface area contributed by atoms with Crippen LogP contribution in [0.2, 0.25) is 0 Å². The summed E-state index contributed by atoms with van der Waals surface area (Å²) >= 11 is 0. The predicted octanol–water partition coefficient (Wildman–Crippen LogP) is 1.43. The highest BCUT2D eigenvalue weighted by Crippen LogP contribution is 2.25. The molecule has 0 atom stereocenters. The van der Waals surface area contributed by atoms with E-state index in [1.54, 1.807) is 27.0 Å². The van der Waals surface area contributed by atoms with Crippen molar-refractivity contribution in [1.82, 2.24) is 5.32 Å². The molecule has 0 spiro atoms. The molecule has 15 heavy (non-hydrogen) atoms. The number of nitrogens with two attached hydrogens (primary N) is 1. The van der Waals surface area contributed by atoms with Gasteiger partial charge in [-0.3, -0.25) is 4.79 Å². The van der Waals surface area contributed by atoms with E-state index < -0.39 is 11.2 Å². The highest BCUT2D eigenvalue weighted by molar-refractivity contribution is 5.87. The minimum atomic E-state index is -0.787. The van der Waals surface area contributed by atoms with Crippen molar-refractivity contribution in [1.29, 1.82) is 0 Å². The summed E-state index contributed by atoms with van der Waals surface area (Å²) in [5.74, 6) is -0.602. The lowest BCUT2D eigenvalue weighted by Gasteiger charge is -2.23. The van der Waals surface area contributed by atoms with E-state index in [-0.39, 0.29) is 5.91 Å². The number of likely N-dealkylation sites (N-methyl/N-ethyl adjacent to an activating group) is 1. The maximum absolute atomic E-state index is 13.1. The topological polar surface area (TPSA) is 55.1 Å². The molecule has 4 heteroatoms. The molecule has 0 aliphatic heterocycles. The second-order valence-electron chi connectivity index (χ2n) is 3.98. The van der Waals surface area contributed by atoms with Gasteiger partial charge in [0.1, 0.15) is 5.82 Å². The molecule has 1 aromatic rings. The predicted molar refractivity (Wildman–Crippen MR) is 57.9 cm³/mol. The van der Waals surface area contributed by atoms with Gasteiger partial charge in [0, 0.05) is 12.7 Å². The number of amides is 1. The molecule has 1 amide bonds. The first-order chi connectivity index (χ1) is 6.87. The monoisotopic (exact) mass is 210 g/mol. The number of hydrogen-bond acceptors (Lipinski definition) is 2. The van der Waals surface area contributed by atoms with Gasteiger partial charge < -0.3 is 11.1 Å². The summed E-state index contributed by atoms with van der Waals surface area (Å²) in [5.41, 5.74) is 5.63. The van der Waals surface area contributed by atoms with Gasteiger partial charge in [0.25, 0.3) is 0 Å². The maximum atomic E-state index is 13.1. The van der Waals surface area contributed by atoms with Crippen LogP contribution in [0.15, 0.2) is 18.2 Å². The van der Waals surface area contributed by atoms with E-state index in [9.17, 15) is 9.18 Å². The molecular formula is C11H15FN2O. The second-order valence-corrected chi connectivity index (χ2v) is 3.98. The molecule has 0 radical (unpaired) electrons. The van der Waals surface area contributed by atoms with E-state index in [4.69, 9.17) is 5.73 Å². The molecule has 0 aromatic heterocycles. The van der Waals surface area contributed by atoms with E-state index in [0.717, 1.165) is 0 Å². The first-order valence-corrected chi connectivity index (χ1v) is 4.66. The van der Waals surface area contributed by atoms with Crippen molar-refractivity contribution in [3.8, 4) is 0 Å². The van der Waals surface area contributed by atoms with E-state index in [2.05, 4.69) is 5.32 Å². The van der Waals surface area contributed by atoms with Crippen LogP contribution >= 0.6 is 0 Å². The van der Waals surface area contributed by atoms with Crippen molar-refractivity contribution < 1.29 is 9.18 Å². The minimum Gasteiger partial charge on any atom is -0.399 e. The third-order valence-electron chi connectivity index (χ3n) is 2.44. The summed E-state index contributed by atoms with van der Waals surface area (Å²) in [6.45, 7) is 3.44. The van der Waals surface area contributed by atoms with Gasteiger partial charge in [-0.15, -0.1) is 0 Å². The van der Waals surface area contributed by atoms with Crippen LogP contribution in [-0.4, -0.2) is 13.0 Å². The molecule has 3 N–H and O–H groups in total. The summed E-state index contributed by atoms with van der Waals surface area (Å²) in [7, 11) is 1.55. The zero-order valence-electron chi connectivity index (χ0n) is 9.10. The Bertz CT molecular complexity index is 368.